The van der Waals surface area contributed by atoms with Gasteiger partial charge in [-0.15, -0.1) is 0 Å². The Morgan fingerprint density at radius 3 is 2.48 bits per heavy atom. The molecule has 0 aromatic heterocycles. The van der Waals surface area contributed by atoms with Gasteiger partial charge in [0.15, 0.2) is 11.5 Å². The van der Waals surface area contributed by atoms with E-state index in [-0.39, 0.29) is 28.9 Å². The van der Waals surface area contributed by atoms with Gasteiger partial charge in [0.25, 0.3) is 5.91 Å². The van der Waals surface area contributed by atoms with Gasteiger partial charge in [0, 0.05) is 5.56 Å². The molecule has 8 heteroatoms. The monoisotopic (exact) mass is 466 g/mol. The quantitative estimate of drug-likeness (QED) is 0.366. The SMILES string of the molecule is CCOc1cc(/C=C2/NC(=O)N(c3ccccc3)C2=O)cc(Cl)c1OCc1ccccc1F. The summed E-state index contributed by atoms with van der Waals surface area (Å²) in [5, 5.41) is 2.80. The van der Waals surface area contributed by atoms with Crippen molar-refractivity contribution >= 4 is 35.3 Å². The van der Waals surface area contributed by atoms with Crippen molar-refractivity contribution in [3.05, 3.63) is 94.4 Å². The van der Waals surface area contributed by atoms with Crippen LogP contribution in [0.2, 0.25) is 5.02 Å². The van der Waals surface area contributed by atoms with Crippen molar-refractivity contribution in [2.75, 3.05) is 11.5 Å². The fraction of sp³-hybridized carbons (Fsp3) is 0.120. The van der Waals surface area contributed by atoms with E-state index in [1.54, 1.807) is 67.6 Å². The number of urea groups is 1. The Balaban J connectivity index is 1.61. The molecule has 168 valence electrons. The van der Waals surface area contributed by atoms with E-state index in [0.717, 1.165) is 4.90 Å². The van der Waals surface area contributed by atoms with Crippen molar-refractivity contribution in [1.82, 2.24) is 5.32 Å². The molecular weight excluding hydrogens is 447 g/mol. The number of rotatable bonds is 7. The van der Waals surface area contributed by atoms with Crippen LogP contribution in [-0.4, -0.2) is 18.5 Å². The summed E-state index contributed by atoms with van der Waals surface area (Å²) in [6.07, 6.45) is 1.51. The third-order valence-corrected chi connectivity index (χ3v) is 5.15. The van der Waals surface area contributed by atoms with Gasteiger partial charge >= 0.3 is 6.03 Å². The van der Waals surface area contributed by atoms with Gasteiger partial charge in [-0.2, -0.15) is 0 Å². The van der Waals surface area contributed by atoms with E-state index >= 15 is 0 Å². The number of halogens is 2. The molecule has 1 aliphatic rings. The molecule has 0 aliphatic carbocycles. The first-order valence-electron chi connectivity index (χ1n) is 10.2. The van der Waals surface area contributed by atoms with Gasteiger partial charge in [-0.1, -0.05) is 48.0 Å². The highest BCUT2D eigenvalue weighted by Crippen LogP contribution is 2.38. The van der Waals surface area contributed by atoms with Crippen molar-refractivity contribution in [1.29, 1.82) is 0 Å². The highest BCUT2D eigenvalue weighted by molar-refractivity contribution is 6.32. The largest absolute Gasteiger partial charge is 0.490 e. The Kier molecular flexibility index (Phi) is 6.60. The van der Waals surface area contributed by atoms with Crippen LogP contribution in [0.5, 0.6) is 11.5 Å². The topological polar surface area (TPSA) is 67.9 Å². The summed E-state index contributed by atoms with van der Waals surface area (Å²) in [4.78, 5) is 26.3. The summed E-state index contributed by atoms with van der Waals surface area (Å²) in [7, 11) is 0. The number of nitrogens with one attached hydrogen (secondary N) is 1. The summed E-state index contributed by atoms with van der Waals surface area (Å²) < 4.78 is 25.4. The van der Waals surface area contributed by atoms with E-state index in [4.69, 9.17) is 21.1 Å². The number of imide groups is 1. The standard InChI is InChI=1S/C25H20ClFN2O4/c1-2-32-22-14-16(12-19(26)23(22)33-15-17-8-6-7-11-20(17)27)13-21-24(30)29(25(31)28-21)18-9-4-3-5-10-18/h3-14H,2,15H2,1H3,(H,28,31)/b21-13+. The lowest BCUT2D eigenvalue weighted by Crippen LogP contribution is -2.30. The molecule has 0 saturated carbocycles. The summed E-state index contributed by atoms with van der Waals surface area (Å²) in [6.45, 7) is 2.11. The van der Waals surface area contributed by atoms with Gasteiger partial charge in [-0.25, -0.2) is 14.1 Å². The number of benzene rings is 3. The first-order chi connectivity index (χ1) is 16.0. The lowest BCUT2D eigenvalue weighted by Gasteiger charge is -2.15. The van der Waals surface area contributed by atoms with E-state index in [0.29, 0.717) is 29.2 Å². The molecule has 3 amide bonds. The molecule has 0 atom stereocenters. The number of hydrogen-bond donors (Lipinski definition) is 1. The van der Waals surface area contributed by atoms with E-state index in [9.17, 15) is 14.0 Å². The van der Waals surface area contributed by atoms with Gasteiger partial charge in [0.2, 0.25) is 0 Å². The molecule has 4 rings (SSSR count). The maximum atomic E-state index is 13.9. The number of hydrogen-bond acceptors (Lipinski definition) is 4. The maximum Gasteiger partial charge on any atom is 0.333 e. The Bertz CT molecular complexity index is 1230. The maximum absolute atomic E-state index is 13.9. The number of ether oxygens (including phenoxy) is 2. The zero-order valence-electron chi connectivity index (χ0n) is 17.7. The van der Waals surface area contributed by atoms with Crippen molar-refractivity contribution in [3.8, 4) is 11.5 Å². The Morgan fingerprint density at radius 2 is 1.76 bits per heavy atom. The van der Waals surface area contributed by atoms with Crippen LogP contribution in [0.15, 0.2) is 72.4 Å². The molecule has 33 heavy (non-hydrogen) atoms. The van der Waals surface area contributed by atoms with Gasteiger partial charge in [0.05, 0.1) is 17.3 Å². The van der Waals surface area contributed by atoms with Gasteiger partial charge in [0.1, 0.15) is 18.1 Å². The minimum absolute atomic E-state index is 0.0342. The van der Waals surface area contributed by atoms with Crippen LogP contribution in [0, 0.1) is 5.82 Å². The van der Waals surface area contributed by atoms with E-state index in [1.165, 1.54) is 12.1 Å². The molecule has 1 aliphatic heterocycles. The Hall–Kier alpha value is -3.84. The normalized spacial score (nSPS) is 14.5. The highest BCUT2D eigenvalue weighted by atomic mass is 35.5. The smallest absolute Gasteiger partial charge is 0.333 e. The molecular formula is C25H20ClFN2O4. The number of nitrogens with zero attached hydrogens (tertiary/aromatic N) is 1. The zero-order chi connectivity index (χ0) is 23.4. The second-order valence-electron chi connectivity index (χ2n) is 7.11. The first kappa shape index (κ1) is 22.4. The van der Waals surface area contributed by atoms with Crippen molar-refractivity contribution in [2.45, 2.75) is 13.5 Å². The highest BCUT2D eigenvalue weighted by Gasteiger charge is 2.34. The summed E-state index contributed by atoms with van der Waals surface area (Å²) in [5.74, 6) is -0.270. The molecule has 6 nitrogen and oxygen atoms in total. The molecule has 1 N–H and O–H groups in total. The fourth-order valence-electron chi connectivity index (χ4n) is 3.35. The predicted octanol–water partition coefficient (Wildman–Crippen LogP) is 5.55. The van der Waals surface area contributed by atoms with Crippen molar-refractivity contribution < 1.29 is 23.5 Å². The van der Waals surface area contributed by atoms with Crippen molar-refractivity contribution in [2.24, 2.45) is 0 Å². The van der Waals surface area contributed by atoms with Crippen LogP contribution in [0.3, 0.4) is 0 Å². The van der Waals surface area contributed by atoms with Crippen LogP contribution in [0.4, 0.5) is 14.9 Å². The van der Waals surface area contributed by atoms with Gasteiger partial charge in [-0.05, 0) is 48.9 Å². The minimum atomic E-state index is -0.543. The van der Waals surface area contributed by atoms with Crippen LogP contribution in [0.25, 0.3) is 6.08 Å². The number of carbonyl (C=O) groups is 2. The van der Waals surface area contributed by atoms with Crippen molar-refractivity contribution in [3.63, 3.8) is 0 Å². The number of amides is 3. The molecule has 1 heterocycles. The molecule has 1 fully saturated rings. The zero-order valence-corrected chi connectivity index (χ0v) is 18.4. The molecule has 0 unspecified atom stereocenters. The third-order valence-electron chi connectivity index (χ3n) is 4.87. The van der Waals surface area contributed by atoms with Gasteiger partial charge < -0.3 is 14.8 Å². The third kappa shape index (κ3) is 4.83. The molecule has 0 radical (unpaired) electrons. The number of anilines is 1. The first-order valence-corrected chi connectivity index (χ1v) is 10.6. The fourth-order valence-corrected chi connectivity index (χ4v) is 3.63. The summed E-state index contributed by atoms with van der Waals surface area (Å²) in [5.41, 5.74) is 1.47. The van der Waals surface area contributed by atoms with Crippen LogP contribution >= 0.6 is 11.6 Å². The van der Waals surface area contributed by atoms with E-state index in [2.05, 4.69) is 5.32 Å². The average Bonchev–Trinajstić information content (AvgIpc) is 3.07. The minimum Gasteiger partial charge on any atom is -0.490 e. The van der Waals surface area contributed by atoms with Crippen LogP contribution in [0.1, 0.15) is 18.1 Å². The molecule has 0 bridgehead atoms. The summed E-state index contributed by atoms with van der Waals surface area (Å²) >= 11 is 6.44. The molecule has 3 aromatic rings. The van der Waals surface area contributed by atoms with Crippen LogP contribution in [-0.2, 0) is 11.4 Å². The average molecular weight is 467 g/mol. The second-order valence-corrected chi connectivity index (χ2v) is 7.51. The van der Waals surface area contributed by atoms with E-state index in [1.807, 2.05) is 0 Å². The predicted molar refractivity (Wildman–Crippen MR) is 124 cm³/mol. The Morgan fingerprint density at radius 1 is 1.03 bits per heavy atom. The summed E-state index contributed by atoms with van der Waals surface area (Å²) in [6, 6.07) is 17.6. The van der Waals surface area contributed by atoms with Crippen LogP contribution < -0.4 is 19.7 Å². The second kappa shape index (κ2) is 9.75. The lowest BCUT2D eigenvalue weighted by atomic mass is 10.1. The van der Waals surface area contributed by atoms with Gasteiger partial charge in [-0.3, -0.25) is 4.79 Å². The Labute approximate surface area is 195 Å². The molecule has 3 aromatic carbocycles. The molecule has 1 saturated heterocycles. The lowest BCUT2D eigenvalue weighted by molar-refractivity contribution is -0.113. The number of para-hydroxylation sites is 1. The van der Waals surface area contributed by atoms with E-state index < -0.39 is 11.9 Å². The molecule has 0 spiro atoms. The number of carbonyl (C=O) groups excluding carboxylic acids is 2.